The zero-order chi connectivity index (χ0) is 9.56. The molecule has 0 aliphatic rings. The largest absolute Gasteiger partial charge is 0.308 e. The van der Waals surface area contributed by atoms with Crippen molar-refractivity contribution in [2.75, 3.05) is 40.3 Å². The first-order valence-electron chi connectivity index (χ1n) is 4.93. The van der Waals surface area contributed by atoms with Gasteiger partial charge < -0.3 is 9.80 Å². The summed E-state index contributed by atoms with van der Waals surface area (Å²) in [6.07, 6.45) is 0. The van der Waals surface area contributed by atoms with E-state index in [1.165, 1.54) is 26.2 Å². The van der Waals surface area contributed by atoms with Crippen LogP contribution < -0.4 is 0 Å². The van der Waals surface area contributed by atoms with E-state index >= 15 is 0 Å². The summed E-state index contributed by atoms with van der Waals surface area (Å²) in [5.74, 6) is 0.784. The van der Waals surface area contributed by atoms with Gasteiger partial charge in [0.25, 0.3) is 0 Å². The van der Waals surface area contributed by atoms with Crippen LogP contribution in [0.3, 0.4) is 0 Å². The molecule has 2 heteroatoms. The van der Waals surface area contributed by atoms with Crippen molar-refractivity contribution in [2.24, 2.45) is 5.92 Å². The van der Waals surface area contributed by atoms with Gasteiger partial charge in [0.15, 0.2) is 0 Å². The molecule has 0 aromatic rings. The van der Waals surface area contributed by atoms with Crippen molar-refractivity contribution in [3.8, 4) is 0 Å². The van der Waals surface area contributed by atoms with Crippen LogP contribution in [-0.4, -0.2) is 50.1 Å². The van der Waals surface area contributed by atoms with Crippen molar-refractivity contribution in [3.63, 3.8) is 0 Å². The van der Waals surface area contributed by atoms with E-state index in [0.717, 1.165) is 5.92 Å². The summed E-state index contributed by atoms with van der Waals surface area (Å²) in [6.45, 7) is 11.5. The van der Waals surface area contributed by atoms with E-state index in [1.807, 2.05) is 0 Å². The minimum Gasteiger partial charge on any atom is -0.308 e. The van der Waals surface area contributed by atoms with Crippen LogP contribution >= 0.6 is 0 Å². The van der Waals surface area contributed by atoms with Crippen LogP contribution in [0, 0.1) is 5.92 Å². The normalized spacial score (nSPS) is 12.0. The molecule has 12 heavy (non-hydrogen) atoms. The number of nitrogens with zero attached hydrogens (tertiary/aromatic N) is 2. The van der Waals surface area contributed by atoms with Crippen molar-refractivity contribution in [1.82, 2.24) is 9.80 Å². The monoisotopic (exact) mass is 172 g/mol. The second-order valence-electron chi connectivity index (χ2n) is 4.09. The molecular weight excluding hydrogens is 148 g/mol. The van der Waals surface area contributed by atoms with Gasteiger partial charge in [-0.1, -0.05) is 20.8 Å². The van der Waals surface area contributed by atoms with E-state index in [4.69, 9.17) is 0 Å². The minimum absolute atomic E-state index is 0.784. The van der Waals surface area contributed by atoms with Gasteiger partial charge in [0.1, 0.15) is 0 Å². The van der Waals surface area contributed by atoms with Gasteiger partial charge in [0.2, 0.25) is 0 Å². The summed E-state index contributed by atoms with van der Waals surface area (Å²) in [6, 6.07) is 0. The quantitative estimate of drug-likeness (QED) is 0.599. The van der Waals surface area contributed by atoms with Crippen molar-refractivity contribution in [2.45, 2.75) is 20.8 Å². The van der Waals surface area contributed by atoms with Gasteiger partial charge >= 0.3 is 0 Å². The molecule has 0 heterocycles. The predicted molar refractivity (Wildman–Crippen MR) is 55.5 cm³/mol. The summed E-state index contributed by atoms with van der Waals surface area (Å²) >= 11 is 0. The van der Waals surface area contributed by atoms with Crippen LogP contribution in [0.1, 0.15) is 20.8 Å². The van der Waals surface area contributed by atoms with Crippen LogP contribution in [0.4, 0.5) is 0 Å². The highest BCUT2D eigenvalue weighted by molar-refractivity contribution is 4.59. The maximum Gasteiger partial charge on any atom is 0.0109 e. The molecule has 0 unspecified atom stereocenters. The first kappa shape index (κ1) is 11.9. The molecule has 0 bridgehead atoms. The molecule has 0 fully saturated rings. The lowest BCUT2D eigenvalue weighted by Crippen LogP contribution is -2.34. The molecule has 0 N–H and O–H groups in total. The summed E-state index contributed by atoms with van der Waals surface area (Å²) < 4.78 is 0. The highest BCUT2D eigenvalue weighted by atomic mass is 15.2. The Balaban J connectivity index is 3.53. The molecule has 0 spiro atoms. The molecule has 0 saturated carbocycles. The molecule has 0 aliphatic heterocycles. The highest BCUT2D eigenvalue weighted by Crippen LogP contribution is 1.97. The average Bonchev–Trinajstić information content (AvgIpc) is 1.97. The molecule has 0 aliphatic carbocycles. The molecule has 0 rings (SSSR count). The van der Waals surface area contributed by atoms with E-state index in [1.54, 1.807) is 0 Å². The molecule has 74 valence electrons. The molecule has 0 saturated heterocycles. The third kappa shape index (κ3) is 6.62. The van der Waals surface area contributed by atoms with E-state index in [-0.39, 0.29) is 0 Å². The van der Waals surface area contributed by atoms with Crippen LogP contribution in [0.15, 0.2) is 0 Å². The summed E-state index contributed by atoms with van der Waals surface area (Å²) in [5, 5.41) is 0. The second-order valence-corrected chi connectivity index (χ2v) is 4.09. The molecule has 0 amide bonds. The van der Waals surface area contributed by atoms with Crippen molar-refractivity contribution < 1.29 is 0 Å². The molecular formula is C10H24N2. The van der Waals surface area contributed by atoms with E-state index in [9.17, 15) is 0 Å². The van der Waals surface area contributed by atoms with E-state index < -0.39 is 0 Å². The maximum absolute atomic E-state index is 2.50. The Labute approximate surface area is 77.5 Å². The Morgan fingerprint density at radius 2 is 1.67 bits per heavy atom. The lowest BCUT2D eigenvalue weighted by atomic mass is 10.2. The molecule has 0 atom stereocenters. The van der Waals surface area contributed by atoms with Gasteiger partial charge in [-0.05, 0) is 26.6 Å². The van der Waals surface area contributed by atoms with Gasteiger partial charge in [-0.25, -0.2) is 0 Å². The highest BCUT2D eigenvalue weighted by Gasteiger charge is 2.04. The van der Waals surface area contributed by atoms with Crippen LogP contribution in [0.25, 0.3) is 0 Å². The van der Waals surface area contributed by atoms with Crippen LogP contribution in [-0.2, 0) is 0 Å². The van der Waals surface area contributed by atoms with Gasteiger partial charge in [0.05, 0.1) is 0 Å². The van der Waals surface area contributed by atoms with Crippen molar-refractivity contribution in [1.29, 1.82) is 0 Å². The van der Waals surface area contributed by atoms with Crippen LogP contribution in [0.2, 0.25) is 0 Å². The fourth-order valence-corrected chi connectivity index (χ4v) is 1.24. The molecule has 0 aromatic heterocycles. The van der Waals surface area contributed by atoms with Gasteiger partial charge in [-0.15, -0.1) is 0 Å². The van der Waals surface area contributed by atoms with Gasteiger partial charge in [-0.3, -0.25) is 0 Å². The van der Waals surface area contributed by atoms with Gasteiger partial charge in [0, 0.05) is 19.6 Å². The molecule has 0 radical (unpaired) electrons. The number of hydrogen-bond acceptors (Lipinski definition) is 2. The first-order valence-corrected chi connectivity index (χ1v) is 4.93. The maximum atomic E-state index is 2.50. The minimum atomic E-state index is 0.784. The third-order valence-electron chi connectivity index (χ3n) is 1.93. The lowest BCUT2D eigenvalue weighted by Gasteiger charge is -2.24. The summed E-state index contributed by atoms with van der Waals surface area (Å²) in [4.78, 5) is 4.74. The predicted octanol–water partition coefficient (Wildman–Crippen LogP) is 1.53. The van der Waals surface area contributed by atoms with Crippen molar-refractivity contribution in [3.05, 3.63) is 0 Å². The average molecular weight is 172 g/mol. The zero-order valence-corrected chi connectivity index (χ0v) is 9.30. The lowest BCUT2D eigenvalue weighted by molar-refractivity contribution is 0.228. The Morgan fingerprint density at radius 1 is 1.08 bits per heavy atom. The third-order valence-corrected chi connectivity index (χ3v) is 1.93. The van der Waals surface area contributed by atoms with E-state index in [2.05, 4.69) is 44.7 Å². The molecule has 0 aromatic carbocycles. The fourth-order valence-electron chi connectivity index (χ4n) is 1.24. The Morgan fingerprint density at radius 3 is 2.00 bits per heavy atom. The Bertz CT molecular complexity index is 100. The summed E-state index contributed by atoms with van der Waals surface area (Å²) in [7, 11) is 4.26. The summed E-state index contributed by atoms with van der Waals surface area (Å²) in [5.41, 5.74) is 0. The number of rotatable bonds is 6. The van der Waals surface area contributed by atoms with Crippen molar-refractivity contribution >= 4 is 0 Å². The first-order chi connectivity index (χ1) is 5.56. The zero-order valence-electron chi connectivity index (χ0n) is 9.30. The smallest absolute Gasteiger partial charge is 0.0109 e. The van der Waals surface area contributed by atoms with E-state index in [0.29, 0.717) is 0 Å². The number of likely N-dealkylation sites (N-methyl/N-ethyl adjacent to an activating group) is 2. The SMILES string of the molecule is CCN(CCN(C)C)CC(C)C. The Hall–Kier alpha value is -0.0800. The standard InChI is InChI=1S/C10H24N2/c1-6-12(9-10(2)3)8-7-11(4)5/h10H,6-9H2,1-5H3. The fraction of sp³-hybridized carbons (Fsp3) is 1.00. The second kappa shape index (κ2) is 6.44. The Kier molecular flexibility index (Phi) is 6.39. The number of hydrogen-bond donors (Lipinski definition) is 0. The molecule has 2 nitrogen and oxygen atoms in total. The van der Waals surface area contributed by atoms with Gasteiger partial charge in [-0.2, -0.15) is 0 Å². The van der Waals surface area contributed by atoms with Crippen LogP contribution in [0.5, 0.6) is 0 Å². The topological polar surface area (TPSA) is 6.48 Å².